The molecule has 0 aliphatic rings. The van der Waals surface area contributed by atoms with Gasteiger partial charge in [-0.3, -0.25) is 4.79 Å². The van der Waals surface area contributed by atoms with Gasteiger partial charge in [0.1, 0.15) is 0 Å². The van der Waals surface area contributed by atoms with Gasteiger partial charge in [-0.2, -0.15) is 5.10 Å². The van der Waals surface area contributed by atoms with Crippen LogP contribution in [0.3, 0.4) is 0 Å². The highest BCUT2D eigenvalue weighted by molar-refractivity contribution is 6.29. The minimum Gasteiger partial charge on any atom is -0.480 e. The van der Waals surface area contributed by atoms with Crippen molar-refractivity contribution in [3.8, 4) is 5.88 Å². The molecule has 0 atom stereocenters. The van der Waals surface area contributed by atoms with Crippen molar-refractivity contribution >= 4 is 11.6 Å². The van der Waals surface area contributed by atoms with Gasteiger partial charge in [0.05, 0.1) is 19.3 Å². The molecule has 0 saturated carbocycles. The summed E-state index contributed by atoms with van der Waals surface area (Å²) in [6.07, 6.45) is 0. The maximum absolute atomic E-state index is 11.5. The summed E-state index contributed by atoms with van der Waals surface area (Å²) in [6, 6.07) is 6.18. The fourth-order valence-corrected chi connectivity index (χ4v) is 1.33. The van der Waals surface area contributed by atoms with Crippen molar-refractivity contribution in [2.75, 3.05) is 7.11 Å². The third-order valence-corrected chi connectivity index (χ3v) is 2.25. The molecular formula is C10H9ClN4O2. The van der Waals surface area contributed by atoms with E-state index in [9.17, 15) is 4.79 Å². The molecular weight excluding hydrogens is 244 g/mol. The zero-order valence-corrected chi connectivity index (χ0v) is 9.76. The van der Waals surface area contributed by atoms with Crippen LogP contribution < -0.4 is 10.3 Å². The molecule has 0 bridgehead atoms. The van der Waals surface area contributed by atoms with Crippen LogP contribution in [0, 0.1) is 0 Å². The highest BCUT2D eigenvalue weighted by atomic mass is 35.5. The van der Waals surface area contributed by atoms with Gasteiger partial charge < -0.3 is 4.74 Å². The molecule has 0 aromatic carbocycles. The van der Waals surface area contributed by atoms with Crippen molar-refractivity contribution in [3.63, 3.8) is 0 Å². The van der Waals surface area contributed by atoms with Gasteiger partial charge in [-0.1, -0.05) is 11.6 Å². The Hall–Kier alpha value is -1.95. The molecule has 0 spiro atoms. The van der Waals surface area contributed by atoms with E-state index < -0.39 is 0 Å². The van der Waals surface area contributed by atoms with Gasteiger partial charge in [0, 0.05) is 12.1 Å². The van der Waals surface area contributed by atoms with Crippen LogP contribution in [0.25, 0.3) is 0 Å². The summed E-state index contributed by atoms with van der Waals surface area (Å²) in [4.78, 5) is 11.5. The lowest BCUT2D eigenvalue weighted by Crippen LogP contribution is -2.23. The summed E-state index contributed by atoms with van der Waals surface area (Å²) in [6.45, 7) is 0.222. The van der Waals surface area contributed by atoms with E-state index in [0.29, 0.717) is 16.7 Å². The van der Waals surface area contributed by atoms with E-state index in [0.717, 1.165) is 0 Å². The van der Waals surface area contributed by atoms with Crippen LogP contribution in [-0.4, -0.2) is 27.1 Å². The molecule has 0 unspecified atom stereocenters. The molecule has 0 aliphatic heterocycles. The fourth-order valence-electron chi connectivity index (χ4n) is 1.23. The zero-order chi connectivity index (χ0) is 12.3. The average Bonchev–Trinajstić information content (AvgIpc) is 2.35. The number of ether oxygens (including phenoxy) is 1. The lowest BCUT2D eigenvalue weighted by Gasteiger charge is -2.05. The second-order valence-corrected chi connectivity index (χ2v) is 3.61. The second-order valence-electron chi connectivity index (χ2n) is 3.22. The van der Waals surface area contributed by atoms with Crippen LogP contribution in [0.15, 0.2) is 29.1 Å². The van der Waals surface area contributed by atoms with Crippen LogP contribution in [0.5, 0.6) is 5.88 Å². The molecule has 2 heterocycles. The first-order valence-corrected chi connectivity index (χ1v) is 5.17. The van der Waals surface area contributed by atoms with Gasteiger partial charge in [-0.15, -0.1) is 10.2 Å². The van der Waals surface area contributed by atoms with Crippen LogP contribution >= 0.6 is 11.6 Å². The summed E-state index contributed by atoms with van der Waals surface area (Å²) in [5.74, 6) is 0.367. The molecule has 0 fully saturated rings. The lowest BCUT2D eigenvalue weighted by atomic mass is 10.4. The summed E-state index contributed by atoms with van der Waals surface area (Å²) >= 11 is 5.62. The molecule has 0 saturated heterocycles. The first-order chi connectivity index (χ1) is 8.19. The van der Waals surface area contributed by atoms with Crippen molar-refractivity contribution in [1.29, 1.82) is 0 Å². The highest BCUT2D eigenvalue weighted by Gasteiger charge is 2.03. The van der Waals surface area contributed by atoms with E-state index in [2.05, 4.69) is 15.3 Å². The summed E-state index contributed by atoms with van der Waals surface area (Å²) < 4.78 is 6.19. The second kappa shape index (κ2) is 4.92. The summed E-state index contributed by atoms with van der Waals surface area (Å²) in [5.41, 5.74) is 0.361. The van der Waals surface area contributed by atoms with E-state index in [-0.39, 0.29) is 12.1 Å². The Bertz CT molecular complexity index is 567. The first-order valence-electron chi connectivity index (χ1n) is 4.79. The third-order valence-electron chi connectivity index (χ3n) is 2.05. The Kier molecular flexibility index (Phi) is 3.34. The van der Waals surface area contributed by atoms with Gasteiger partial charge in [0.25, 0.3) is 5.56 Å². The third kappa shape index (κ3) is 2.79. The van der Waals surface area contributed by atoms with Crippen LogP contribution in [-0.2, 0) is 6.54 Å². The number of nitrogens with zero attached hydrogens (tertiary/aromatic N) is 4. The van der Waals surface area contributed by atoms with Crippen LogP contribution in [0.4, 0.5) is 0 Å². The minimum atomic E-state index is -0.234. The van der Waals surface area contributed by atoms with E-state index >= 15 is 0 Å². The van der Waals surface area contributed by atoms with E-state index in [1.54, 1.807) is 12.1 Å². The zero-order valence-electron chi connectivity index (χ0n) is 9.00. The predicted molar refractivity (Wildman–Crippen MR) is 61.2 cm³/mol. The van der Waals surface area contributed by atoms with Crippen molar-refractivity contribution < 1.29 is 4.74 Å². The minimum absolute atomic E-state index is 0.222. The topological polar surface area (TPSA) is 69.9 Å². The highest BCUT2D eigenvalue weighted by Crippen LogP contribution is 2.04. The molecule has 0 N–H and O–H groups in total. The number of aromatic nitrogens is 4. The number of hydrogen-bond acceptors (Lipinski definition) is 5. The first kappa shape index (κ1) is 11.5. The number of hydrogen-bond donors (Lipinski definition) is 0. The van der Waals surface area contributed by atoms with Gasteiger partial charge in [0.15, 0.2) is 5.15 Å². The Balaban J connectivity index is 2.29. The molecule has 6 nitrogen and oxygen atoms in total. The fraction of sp³-hybridized carbons (Fsp3) is 0.200. The van der Waals surface area contributed by atoms with Gasteiger partial charge in [-0.25, -0.2) is 4.68 Å². The Morgan fingerprint density at radius 1 is 1.29 bits per heavy atom. The quantitative estimate of drug-likeness (QED) is 0.806. The molecule has 88 valence electrons. The monoisotopic (exact) mass is 252 g/mol. The Labute approximate surface area is 102 Å². The van der Waals surface area contributed by atoms with Crippen LogP contribution in [0.1, 0.15) is 5.69 Å². The largest absolute Gasteiger partial charge is 0.480 e. The number of methoxy groups -OCH3 is 1. The molecule has 7 heteroatoms. The maximum atomic E-state index is 11.5. The predicted octanol–water partition coefficient (Wildman–Crippen LogP) is 0.744. The van der Waals surface area contributed by atoms with Crippen molar-refractivity contribution in [1.82, 2.24) is 20.0 Å². The van der Waals surface area contributed by atoms with Crippen molar-refractivity contribution in [3.05, 3.63) is 45.5 Å². The maximum Gasteiger partial charge on any atom is 0.267 e. The normalized spacial score (nSPS) is 10.2. The Morgan fingerprint density at radius 2 is 2.12 bits per heavy atom. The average molecular weight is 253 g/mol. The lowest BCUT2D eigenvalue weighted by molar-refractivity contribution is 0.378. The molecule has 0 aliphatic carbocycles. The molecule has 2 aromatic heterocycles. The molecule has 0 amide bonds. The van der Waals surface area contributed by atoms with Gasteiger partial charge in [-0.05, 0) is 12.1 Å². The molecule has 2 aromatic rings. The van der Waals surface area contributed by atoms with E-state index in [1.165, 1.54) is 23.9 Å². The molecule has 17 heavy (non-hydrogen) atoms. The number of rotatable bonds is 3. The summed E-state index contributed by atoms with van der Waals surface area (Å²) in [7, 11) is 1.49. The Morgan fingerprint density at radius 3 is 2.76 bits per heavy atom. The molecule has 2 rings (SSSR count). The van der Waals surface area contributed by atoms with Crippen molar-refractivity contribution in [2.45, 2.75) is 6.54 Å². The number of halogens is 1. The van der Waals surface area contributed by atoms with Crippen molar-refractivity contribution in [2.24, 2.45) is 0 Å². The smallest absolute Gasteiger partial charge is 0.267 e. The van der Waals surface area contributed by atoms with Gasteiger partial charge in [0.2, 0.25) is 5.88 Å². The van der Waals surface area contributed by atoms with Gasteiger partial charge >= 0.3 is 0 Å². The standard InChI is InChI=1S/C10H9ClN4O2/c1-17-9-4-5-10(16)15(14-9)6-7-2-3-8(11)13-12-7/h2-5H,6H2,1H3. The molecule has 0 radical (unpaired) electrons. The SMILES string of the molecule is COc1ccc(=O)n(Cc2ccc(Cl)nn2)n1. The summed E-state index contributed by atoms with van der Waals surface area (Å²) in [5, 5.41) is 11.8. The van der Waals surface area contributed by atoms with Crippen LogP contribution in [0.2, 0.25) is 5.15 Å². The van der Waals surface area contributed by atoms with E-state index in [4.69, 9.17) is 16.3 Å². The van der Waals surface area contributed by atoms with E-state index in [1.807, 2.05) is 0 Å².